The van der Waals surface area contributed by atoms with Crippen molar-refractivity contribution in [2.75, 3.05) is 17.7 Å². The Kier molecular flexibility index (Phi) is 6.88. The molecule has 148 valence electrons. The fourth-order valence-electron chi connectivity index (χ4n) is 2.70. The minimum Gasteiger partial charge on any atom is -0.380 e. The lowest BCUT2D eigenvalue weighted by Gasteiger charge is -2.09. The Morgan fingerprint density at radius 2 is 1.41 bits per heavy atom. The third-order valence-corrected chi connectivity index (χ3v) is 4.46. The van der Waals surface area contributed by atoms with E-state index in [0.717, 1.165) is 5.56 Å². The van der Waals surface area contributed by atoms with Gasteiger partial charge in [0.05, 0.1) is 6.61 Å². The Hall–Kier alpha value is -2.86. The van der Waals surface area contributed by atoms with Crippen LogP contribution in [0.1, 0.15) is 26.3 Å². The second-order valence-corrected chi connectivity index (χ2v) is 7.15. The number of hydrogen-bond donors (Lipinski definition) is 2. The Balaban J connectivity index is 1.65. The number of rotatable bonds is 6. The first kappa shape index (κ1) is 20.9. The summed E-state index contributed by atoms with van der Waals surface area (Å²) >= 11 is 11.9. The largest absolute Gasteiger partial charge is 0.380 e. The molecule has 0 radical (unpaired) electrons. The molecule has 0 aliphatic rings. The van der Waals surface area contributed by atoms with E-state index < -0.39 is 0 Å². The molecule has 3 rings (SSSR count). The van der Waals surface area contributed by atoms with Gasteiger partial charge >= 0.3 is 0 Å². The van der Waals surface area contributed by atoms with E-state index in [1.165, 1.54) is 12.1 Å². The summed E-state index contributed by atoms with van der Waals surface area (Å²) in [6.45, 7) is 0.468. The molecule has 0 saturated carbocycles. The first-order valence-corrected chi connectivity index (χ1v) is 9.47. The summed E-state index contributed by atoms with van der Waals surface area (Å²) in [6, 6.07) is 18.6. The second kappa shape index (κ2) is 9.56. The molecule has 29 heavy (non-hydrogen) atoms. The van der Waals surface area contributed by atoms with Crippen LogP contribution >= 0.6 is 23.2 Å². The van der Waals surface area contributed by atoms with Gasteiger partial charge in [-0.25, -0.2) is 0 Å². The summed E-state index contributed by atoms with van der Waals surface area (Å²) in [5.74, 6) is -0.597. The summed E-state index contributed by atoms with van der Waals surface area (Å²) < 4.78 is 5.10. The topological polar surface area (TPSA) is 67.4 Å². The standard InChI is InChI=1S/C22H18Cl2N2O3/c1-29-13-14-3-2-4-20(9-14)26-21(27)15-5-7-19(8-6-15)25-22(28)16-10-17(23)12-18(24)11-16/h2-12H,13H2,1H3,(H,25,28)(H,26,27). The van der Waals surface area contributed by atoms with E-state index >= 15 is 0 Å². The molecule has 2 amide bonds. The van der Waals surface area contributed by atoms with Gasteiger partial charge in [0.2, 0.25) is 0 Å². The molecule has 2 N–H and O–H groups in total. The molecule has 3 aromatic carbocycles. The molecule has 0 aliphatic heterocycles. The van der Waals surface area contributed by atoms with E-state index in [2.05, 4.69) is 10.6 Å². The van der Waals surface area contributed by atoms with Crippen LogP contribution in [-0.2, 0) is 11.3 Å². The van der Waals surface area contributed by atoms with Crippen LogP contribution in [-0.4, -0.2) is 18.9 Å². The van der Waals surface area contributed by atoms with E-state index in [-0.39, 0.29) is 11.8 Å². The minimum atomic E-state index is -0.346. The van der Waals surface area contributed by atoms with Gasteiger partial charge in [0.1, 0.15) is 0 Å². The Morgan fingerprint density at radius 3 is 2.07 bits per heavy atom. The molecule has 0 heterocycles. The van der Waals surface area contributed by atoms with Crippen LogP contribution in [0.4, 0.5) is 11.4 Å². The summed E-state index contributed by atoms with van der Waals surface area (Å²) in [6.07, 6.45) is 0. The van der Waals surface area contributed by atoms with Crippen LogP contribution < -0.4 is 10.6 Å². The van der Waals surface area contributed by atoms with Crippen molar-refractivity contribution in [2.24, 2.45) is 0 Å². The molecular formula is C22H18Cl2N2O3. The van der Waals surface area contributed by atoms with Crippen LogP contribution in [0.15, 0.2) is 66.7 Å². The van der Waals surface area contributed by atoms with Crippen molar-refractivity contribution < 1.29 is 14.3 Å². The van der Waals surface area contributed by atoms with Gasteiger partial charge in [-0.05, 0) is 60.2 Å². The maximum Gasteiger partial charge on any atom is 0.255 e. The van der Waals surface area contributed by atoms with Crippen molar-refractivity contribution >= 4 is 46.4 Å². The van der Waals surface area contributed by atoms with Gasteiger partial charge < -0.3 is 15.4 Å². The quantitative estimate of drug-likeness (QED) is 0.533. The lowest BCUT2D eigenvalue weighted by molar-refractivity contribution is 0.102. The van der Waals surface area contributed by atoms with Crippen molar-refractivity contribution in [3.8, 4) is 0 Å². The Morgan fingerprint density at radius 1 is 0.793 bits per heavy atom. The molecule has 0 aromatic heterocycles. The highest BCUT2D eigenvalue weighted by Crippen LogP contribution is 2.20. The molecule has 7 heteroatoms. The van der Waals surface area contributed by atoms with Crippen LogP contribution in [0.3, 0.4) is 0 Å². The number of ether oxygens (including phenoxy) is 1. The fraction of sp³-hybridized carbons (Fsp3) is 0.0909. The van der Waals surface area contributed by atoms with E-state index in [1.807, 2.05) is 24.3 Å². The van der Waals surface area contributed by atoms with E-state index in [1.54, 1.807) is 37.4 Å². The third-order valence-electron chi connectivity index (χ3n) is 4.03. The Bertz CT molecular complexity index is 1020. The lowest BCUT2D eigenvalue weighted by Crippen LogP contribution is -2.14. The zero-order chi connectivity index (χ0) is 20.8. The summed E-state index contributed by atoms with van der Waals surface area (Å²) in [5.41, 5.74) is 3.00. The predicted molar refractivity (Wildman–Crippen MR) is 116 cm³/mol. The van der Waals surface area contributed by atoms with Crippen LogP contribution in [0, 0.1) is 0 Å². The zero-order valence-corrected chi connectivity index (χ0v) is 17.1. The molecule has 5 nitrogen and oxygen atoms in total. The number of hydrogen-bond acceptors (Lipinski definition) is 3. The van der Waals surface area contributed by atoms with Crippen LogP contribution in [0.5, 0.6) is 0 Å². The molecule has 3 aromatic rings. The normalized spacial score (nSPS) is 10.4. The number of halogens is 2. The number of nitrogens with one attached hydrogen (secondary N) is 2. The second-order valence-electron chi connectivity index (χ2n) is 6.28. The number of amides is 2. The average Bonchev–Trinajstić information content (AvgIpc) is 2.68. The van der Waals surface area contributed by atoms with Crippen LogP contribution in [0.25, 0.3) is 0 Å². The van der Waals surface area contributed by atoms with Gasteiger partial charge in [-0.1, -0.05) is 35.3 Å². The molecular weight excluding hydrogens is 411 g/mol. The van der Waals surface area contributed by atoms with Crippen molar-refractivity contribution in [3.63, 3.8) is 0 Å². The van der Waals surface area contributed by atoms with Gasteiger partial charge in [0, 0.05) is 39.7 Å². The van der Waals surface area contributed by atoms with E-state index in [4.69, 9.17) is 27.9 Å². The molecule has 0 saturated heterocycles. The fourth-order valence-corrected chi connectivity index (χ4v) is 3.23. The smallest absolute Gasteiger partial charge is 0.255 e. The molecule has 0 fully saturated rings. The van der Waals surface area contributed by atoms with Crippen molar-refractivity contribution in [3.05, 3.63) is 93.5 Å². The average molecular weight is 429 g/mol. The van der Waals surface area contributed by atoms with Crippen molar-refractivity contribution in [1.82, 2.24) is 0 Å². The van der Waals surface area contributed by atoms with E-state index in [9.17, 15) is 9.59 Å². The molecule has 0 aliphatic carbocycles. The highest BCUT2D eigenvalue weighted by atomic mass is 35.5. The highest BCUT2D eigenvalue weighted by Gasteiger charge is 2.10. The van der Waals surface area contributed by atoms with Gasteiger partial charge in [-0.15, -0.1) is 0 Å². The Labute approximate surface area is 178 Å². The number of carbonyl (C=O) groups is 2. The lowest BCUT2D eigenvalue weighted by atomic mass is 10.1. The first-order chi connectivity index (χ1) is 13.9. The number of anilines is 2. The maximum atomic E-state index is 12.5. The van der Waals surface area contributed by atoms with Gasteiger partial charge in [0.15, 0.2) is 0 Å². The number of benzene rings is 3. The van der Waals surface area contributed by atoms with Gasteiger partial charge in [-0.3, -0.25) is 9.59 Å². The van der Waals surface area contributed by atoms with Crippen molar-refractivity contribution in [1.29, 1.82) is 0 Å². The highest BCUT2D eigenvalue weighted by molar-refractivity contribution is 6.35. The number of carbonyl (C=O) groups excluding carboxylic acids is 2. The van der Waals surface area contributed by atoms with Gasteiger partial charge in [0.25, 0.3) is 11.8 Å². The minimum absolute atomic E-state index is 0.251. The molecule has 0 unspecified atom stereocenters. The predicted octanol–water partition coefficient (Wildman–Crippen LogP) is 5.64. The molecule has 0 bridgehead atoms. The molecule has 0 atom stereocenters. The monoisotopic (exact) mass is 428 g/mol. The third kappa shape index (κ3) is 5.81. The van der Waals surface area contributed by atoms with Gasteiger partial charge in [-0.2, -0.15) is 0 Å². The van der Waals surface area contributed by atoms with E-state index in [0.29, 0.717) is 39.2 Å². The van der Waals surface area contributed by atoms with Crippen LogP contribution in [0.2, 0.25) is 10.0 Å². The summed E-state index contributed by atoms with van der Waals surface area (Å²) in [5, 5.41) is 6.35. The first-order valence-electron chi connectivity index (χ1n) is 8.71. The summed E-state index contributed by atoms with van der Waals surface area (Å²) in [7, 11) is 1.62. The summed E-state index contributed by atoms with van der Waals surface area (Å²) in [4.78, 5) is 24.8. The maximum absolute atomic E-state index is 12.5. The SMILES string of the molecule is COCc1cccc(NC(=O)c2ccc(NC(=O)c3cc(Cl)cc(Cl)c3)cc2)c1. The molecule has 0 spiro atoms. The number of methoxy groups -OCH3 is 1. The van der Waals surface area contributed by atoms with Crippen molar-refractivity contribution in [2.45, 2.75) is 6.61 Å². The zero-order valence-electron chi connectivity index (χ0n) is 15.5.